The number of carbonyl (C=O) groups is 3. The number of carbonyl (C=O) groups excluding carboxylic acids is 3. The fraction of sp³-hybridized carbons (Fsp3) is 0.259. The average molecular weight is 1020 g/mol. The van der Waals surface area contributed by atoms with E-state index in [1.165, 1.54) is 48.5 Å². The molecule has 1 aliphatic rings. The van der Waals surface area contributed by atoms with Gasteiger partial charge in [0.25, 0.3) is 5.56 Å². The van der Waals surface area contributed by atoms with Crippen molar-refractivity contribution in [3.8, 4) is 17.2 Å². The summed E-state index contributed by atoms with van der Waals surface area (Å²) in [6.45, 7) is -0.260. The Bertz CT molecular complexity index is 3400. The second-order valence-electron chi connectivity index (χ2n) is 17.3. The Morgan fingerprint density at radius 3 is 2.07 bits per heavy atom. The standard InChI is InChI=1S/C54H53N7O12S/c1-68-39-17-13-37(14-18-39)54(36-9-5-4-6-10-36,38-15-19-40(69-2)20-16-38)72-33-42-23-26-48(73-42)61-34-56-49-50(61)58-52(59-51(49)64)57-46(62)27-28-55-47(63)31-35-32-60(45-12-8-7-11-44(35)45)53(65)71-29-30-74(66,67)43-24-21-41(70-3)22-25-43/h4-22,24-25,32,34,42,48H,23,26-31,33H2,1-3H3,(H,55,63)(H2,57,58,59,62,64)/t42-,48+/m0/s1. The molecule has 0 spiro atoms. The molecule has 0 unspecified atom stereocenters. The summed E-state index contributed by atoms with van der Waals surface area (Å²) < 4.78 is 63.6. The highest BCUT2D eigenvalue weighted by molar-refractivity contribution is 7.91. The van der Waals surface area contributed by atoms with Crippen molar-refractivity contribution >= 4 is 55.8 Å². The Hall–Kier alpha value is -8.33. The number of benzene rings is 5. The average Bonchev–Trinajstić information content (AvgIpc) is 4.17. The molecule has 74 heavy (non-hydrogen) atoms. The summed E-state index contributed by atoms with van der Waals surface area (Å²) in [5, 5.41) is 5.96. The van der Waals surface area contributed by atoms with Crippen molar-refractivity contribution in [2.45, 2.75) is 48.5 Å². The number of amides is 2. The number of aromatic amines is 1. The largest absolute Gasteiger partial charge is 0.497 e. The van der Waals surface area contributed by atoms with Gasteiger partial charge in [0.15, 0.2) is 21.0 Å². The highest BCUT2D eigenvalue weighted by atomic mass is 32.2. The van der Waals surface area contributed by atoms with E-state index in [2.05, 4.69) is 25.6 Å². The molecule has 382 valence electrons. The number of nitrogens with zero attached hydrogens (tertiary/aromatic N) is 4. The van der Waals surface area contributed by atoms with Crippen LogP contribution in [0.5, 0.6) is 17.2 Å². The Labute approximate surface area is 425 Å². The molecular formula is C54H53N7O12S. The van der Waals surface area contributed by atoms with Gasteiger partial charge in [0, 0.05) is 24.5 Å². The van der Waals surface area contributed by atoms with Gasteiger partial charge in [-0.25, -0.2) is 18.2 Å². The molecule has 9 rings (SSSR count). The number of H-pyrrole nitrogens is 1. The number of aromatic nitrogens is 5. The molecular weight excluding hydrogens is 971 g/mol. The lowest BCUT2D eigenvalue weighted by Gasteiger charge is -2.37. The van der Waals surface area contributed by atoms with Crippen LogP contribution in [0.3, 0.4) is 0 Å². The van der Waals surface area contributed by atoms with Crippen LogP contribution in [0.1, 0.15) is 47.7 Å². The molecule has 3 aromatic heterocycles. The molecule has 2 atom stereocenters. The molecule has 4 heterocycles. The van der Waals surface area contributed by atoms with Crippen LogP contribution < -0.4 is 30.4 Å². The zero-order valence-electron chi connectivity index (χ0n) is 40.7. The SMILES string of the molecule is COc1ccc(C(OC[C@@H]2CC[C@H](n3cnc4c(=O)[nH]c(NC(=O)CCNC(=O)Cc5cn(C(=O)OCCS(=O)(=O)c6ccc(OC)cc6)c6ccccc56)nc43)O2)(c2ccccc2)c2ccc(OC)cc2)cc1. The summed E-state index contributed by atoms with van der Waals surface area (Å²) in [6.07, 6.45) is 2.10. The molecule has 1 fully saturated rings. The van der Waals surface area contributed by atoms with E-state index in [1.54, 1.807) is 43.1 Å². The van der Waals surface area contributed by atoms with Gasteiger partial charge in [0.1, 0.15) is 35.7 Å². The molecule has 5 aromatic carbocycles. The first-order chi connectivity index (χ1) is 35.9. The van der Waals surface area contributed by atoms with E-state index < -0.39 is 57.5 Å². The van der Waals surface area contributed by atoms with Gasteiger partial charge >= 0.3 is 6.09 Å². The molecule has 1 saturated heterocycles. The van der Waals surface area contributed by atoms with Crippen molar-refractivity contribution < 1.29 is 51.2 Å². The Balaban J connectivity index is 0.811. The van der Waals surface area contributed by atoms with Gasteiger partial charge < -0.3 is 33.7 Å². The van der Waals surface area contributed by atoms with Gasteiger partial charge in [-0.15, -0.1) is 0 Å². The molecule has 2 amide bonds. The number of anilines is 1. The van der Waals surface area contributed by atoms with Crippen molar-refractivity contribution in [3.63, 3.8) is 0 Å². The van der Waals surface area contributed by atoms with E-state index in [-0.39, 0.29) is 54.1 Å². The number of imidazole rings is 1. The summed E-state index contributed by atoms with van der Waals surface area (Å²) in [4.78, 5) is 64.3. The Morgan fingerprint density at radius 2 is 1.41 bits per heavy atom. The van der Waals surface area contributed by atoms with E-state index in [1.807, 2.05) is 78.9 Å². The van der Waals surface area contributed by atoms with Gasteiger partial charge in [0.05, 0.1) is 63.0 Å². The van der Waals surface area contributed by atoms with Crippen molar-refractivity contribution in [1.29, 1.82) is 0 Å². The summed E-state index contributed by atoms with van der Waals surface area (Å²) in [5.74, 6) is 0.407. The number of sulfone groups is 1. The van der Waals surface area contributed by atoms with Gasteiger partial charge in [-0.3, -0.25) is 33.8 Å². The molecule has 1 aliphatic heterocycles. The fourth-order valence-corrected chi connectivity index (χ4v) is 10.1. The zero-order chi connectivity index (χ0) is 51.8. The summed E-state index contributed by atoms with van der Waals surface area (Å²) in [6, 6.07) is 38.3. The van der Waals surface area contributed by atoms with Crippen LogP contribution >= 0.6 is 0 Å². The third-order valence-corrected chi connectivity index (χ3v) is 14.5. The normalized spacial score (nSPS) is 14.7. The molecule has 0 radical (unpaired) electrons. The lowest BCUT2D eigenvalue weighted by molar-refractivity contribution is -0.120. The van der Waals surface area contributed by atoms with Crippen LogP contribution in [-0.4, -0.2) is 103 Å². The third kappa shape index (κ3) is 10.9. The fourth-order valence-electron chi connectivity index (χ4n) is 9.00. The number of hydrogen-bond donors (Lipinski definition) is 3. The predicted octanol–water partition coefficient (Wildman–Crippen LogP) is 6.93. The van der Waals surface area contributed by atoms with Crippen LogP contribution in [-0.2, 0) is 45.7 Å². The summed E-state index contributed by atoms with van der Waals surface area (Å²) in [5.41, 5.74) is 2.28. The van der Waals surface area contributed by atoms with Crippen LogP contribution in [0, 0.1) is 0 Å². The maximum Gasteiger partial charge on any atom is 0.418 e. The first-order valence-electron chi connectivity index (χ1n) is 23.7. The van der Waals surface area contributed by atoms with Crippen molar-refractivity contribution in [3.05, 3.63) is 173 Å². The first kappa shape index (κ1) is 50.6. The lowest BCUT2D eigenvalue weighted by Crippen LogP contribution is -2.35. The van der Waals surface area contributed by atoms with Crippen molar-refractivity contribution in [1.82, 2.24) is 29.4 Å². The van der Waals surface area contributed by atoms with Crippen molar-refractivity contribution in [2.24, 2.45) is 0 Å². The zero-order valence-corrected chi connectivity index (χ0v) is 41.5. The van der Waals surface area contributed by atoms with Crippen LogP contribution in [0.25, 0.3) is 22.1 Å². The Morgan fingerprint density at radius 1 is 0.784 bits per heavy atom. The molecule has 19 nitrogen and oxygen atoms in total. The molecule has 3 N–H and O–H groups in total. The predicted molar refractivity (Wildman–Crippen MR) is 273 cm³/mol. The topological polar surface area (TPSA) is 233 Å². The smallest absolute Gasteiger partial charge is 0.418 e. The maximum absolute atomic E-state index is 13.2. The third-order valence-electron chi connectivity index (χ3n) is 12.8. The van der Waals surface area contributed by atoms with E-state index in [0.29, 0.717) is 46.6 Å². The molecule has 0 bridgehead atoms. The number of methoxy groups -OCH3 is 3. The number of fused-ring (bicyclic) bond motifs is 2. The first-order valence-corrected chi connectivity index (χ1v) is 25.3. The van der Waals surface area contributed by atoms with Crippen LogP contribution in [0.4, 0.5) is 10.7 Å². The summed E-state index contributed by atoms with van der Waals surface area (Å²) >= 11 is 0. The lowest BCUT2D eigenvalue weighted by atomic mass is 9.80. The number of nitrogens with one attached hydrogen (secondary N) is 3. The van der Waals surface area contributed by atoms with Gasteiger partial charge in [-0.1, -0.05) is 72.8 Å². The van der Waals surface area contributed by atoms with E-state index in [0.717, 1.165) is 16.7 Å². The quantitative estimate of drug-likeness (QED) is 0.0657. The Kier molecular flexibility index (Phi) is 15.2. The van der Waals surface area contributed by atoms with Gasteiger partial charge in [-0.05, 0) is 89.7 Å². The molecule has 0 saturated carbocycles. The number of ether oxygens (including phenoxy) is 6. The highest BCUT2D eigenvalue weighted by Gasteiger charge is 2.40. The number of rotatable bonds is 20. The second-order valence-corrected chi connectivity index (χ2v) is 19.4. The maximum atomic E-state index is 13.2. The van der Waals surface area contributed by atoms with Crippen molar-refractivity contribution in [2.75, 3.05) is 52.2 Å². The number of para-hydroxylation sites is 1. The number of hydrogen-bond acceptors (Lipinski definition) is 14. The molecule has 20 heteroatoms. The minimum atomic E-state index is -3.75. The summed E-state index contributed by atoms with van der Waals surface area (Å²) in [7, 11) is 0.967. The van der Waals surface area contributed by atoms with Crippen LogP contribution in [0.2, 0.25) is 0 Å². The van der Waals surface area contributed by atoms with E-state index in [9.17, 15) is 27.6 Å². The van der Waals surface area contributed by atoms with Crippen LogP contribution in [0.15, 0.2) is 150 Å². The van der Waals surface area contributed by atoms with E-state index >= 15 is 0 Å². The van der Waals surface area contributed by atoms with Gasteiger partial charge in [-0.2, -0.15) is 4.98 Å². The van der Waals surface area contributed by atoms with E-state index in [4.69, 9.17) is 28.4 Å². The molecule has 8 aromatic rings. The minimum absolute atomic E-state index is 0.0553. The second kappa shape index (κ2) is 22.2. The van der Waals surface area contributed by atoms with Gasteiger partial charge in [0.2, 0.25) is 17.8 Å². The highest BCUT2D eigenvalue weighted by Crippen LogP contribution is 2.43. The monoisotopic (exact) mass is 1020 g/mol. The minimum Gasteiger partial charge on any atom is -0.497 e. The molecule has 0 aliphatic carbocycles.